The Labute approximate surface area is 68.4 Å². The van der Waals surface area contributed by atoms with E-state index in [0.717, 1.165) is 14.9 Å². The van der Waals surface area contributed by atoms with E-state index in [0.29, 0.717) is 6.54 Å². The number of hydrogen-bond donors (Lipinski definition) is 2. The second-order valence-corrected chi connectivity index (χ2v) is 3.40. The third kappa shape index (κ3) is 1.09. The Bertz CT molecular complexity index is 290. The summed E-state index contributed by atoms with van der Waals surface area (Å²) in [6.45, 7) is 0.396. The first-order valence-electron chi connectivity index (χ1n) is 3.22. The van der Waals surface area contributed by atoms with Crippen molar-refractivity contribution in [3.8, 4) is 5.75 Å². The maximum atomic E-state index is 9.30. The molecule has 0 aliphatic carbocycles. The van der Waals surface area contributed by atoms with E-state index >= 15 is 0 Å². The molecule has 0 aromatic heterocycles. The minimum absolute atomic E-state index is 0.256. The highest BCUT2D eigenvalue weighted by Crippen LogP contribution is 2.38. The van der Waals surface area contributed by atoms with Gasteiger partial charge in [0, 0.05) is 10.5 Å². The van der Waals surface area contributed by atoms with Gasteiger partial charge in [-0.05, 0) is 24.1 Å². The fourth-order valence-corrected chi connectivity index (χ4v) is 1.92. The van der Waals surface area contributed by atoms with Crippen molar-refractivity contribution < 1.29 is 10.3 Å². The summed E-state index contributed by atoms with van der Waals surface area (Å²) in [7, 11) is 0. The van der Waals surface area contributed by atoms with Crippen molar-refractivity contribution in [3.05, 3.63) is 23.8 Å². The lowest BCUT2D eigenvalue weighted by molar-refractivity contribution is 0.0130. The number of benzene rings is 1. The lowest BCUT2D eigenvalue weighted by Gasteiger charge is -1.99. The summed E-state index contributed by atoms with van der Waals surface area (Å²) in [5, 5.41) is 18.4. The second kappa shape index (κ2) is 2.41. The van der Waals surface area contributed by atoms with Crippen LogP contribution in [0.15, 0.2) is 23.1 Å². The van der Waals surface area contributed by atoms with E-state index in [-0.39, 0.29) is 5.75 Å². The SMILES string of the molecule is Oc1cccc2c1CN(O)S2. The predicted molar refractivity (Wildman–Crippen MR) is 41.3 cm³/mol. The molecule has 4 heteroatoms. The Morgan fingerprint density at radius 3 is 3.00 bits per heavy atom. The molecule has 0 bridgehead atoms. The third-order valence-electron chi connectivity index (χ3n) is 1.61. The summed E-state index contributed by atoms with van der Waals surface area (Å²) in [5.74, 6) is 0.256. The van der Waals surface area contributed by atoms with Gasteiger partial charge in [0.05, 0.1) is 6.54 Å². The molecule has 0 unspecified atom stereocenters. The highest BCUT2D eigenvalue weighted by molar-refractivity contribution is 7.97. The number of rotatable bonds is 0. The van der Waals surface area contributed by atoms with E-state index in [1.165, 1.54) is 11.9 Å². The van der Waals surface area contributed by atoms with E-state index in [2.05, 4.69) is 0 Å². The molecule has 58 valence electrons. The van der Waals surface area contributed by atoms with Crippen molar-refractivity contribution in [1.29, 1.82) is 0 Å². The zero-order valence-electron chi connectivity index (χ0n) is 5.69. The van der Waals surface area contributed by atoms with Crippen molar-refractivity contribution in [3.63, 3.8) is 0 Å². The van der Waals surface area contributed by atoms with Crippen LogP contribution in [-0.4, -0.2) is 14.8 Å². The van der Waals surface area contributed by atoms with Gasteiger partial charge in [-0.15, -0.1) is 4.47 Å². The van der Waals surface area contributed by atoms with Crippen LogP contribution in [0.1, 0.15) is 5.56 Å². The minimum Gasteiger partial charge on any atom is -0.508 e. The summed E-state index contributed by atoms with van der Waals surface area (Å²) < 4.78 is 1.10. The Morgan fingerprint density at radius 1 is 1.45 bits per heavy atom. The van der Waals surface area contributed by atoms with E-state index in [1.54, 1.807) is 12.1 Å². The average Bonchev–Trinajstić information content (AvgIpc) is 2.31. The summed E-state index contributed by atoms with van der Waals surface area (Å²) in [5.41, 5.74) is 0.806. The fraction of sp³-hybridized carbons (Fsp3) is 0.143. The molecule has 0 spiro atoms. The van der Waals surface area contributed by atoms with Crippen LogP contribution < -0.4 is 0 Å². The lowest BCUT2D eigenvalue weighted by atomic mass is 10.2. The van der Waals surface area contributed by atoms with Crippen LogP contribution in [-0.2, 0) is 6.54 Å². The van der Waals surface area contributed by atoms with Gasteiger partial charge >= 0.3 is 0 Å². The van der Waals surface area contributed by atoms with Gasteiger partial charge in [0.15, 0.2) is 0 Å². The van der Waals surface area contributed by atoms with Crippen LogP contribution in [0.2, 0.25) is 0 Å². The summed E-state index contributed by atoms with van der Waals surface area (Å²) in [6.07, 6.45) is 0. The number of nitrogens with zero attached hydrogens (tertiary/aromatic N) is 1. The van der Waals surface area contributed by atoms with Gasteiger partial charge in [0.25, 0.3) is 0 Å². The molecule has 0 saturated carbocycles. The largest absolute Gasteiger partial charge is 0.508 e. The van der Waals surface area contributed by atoms with Gasteiger partial charge in [0.2, 0.25) is 0 Å². The Morgan fingerprint density at radius 2 is 2.27 bits per heavy atom. The molecule has 0 radical (unpaired) electrons. The Kier molecular flexibility index (Phi) is 1.52. The monoisotopic (exact) mass is 169 g/mol. The molecule has 1 aromatic rings. The molecule has 11 heavy (non-hydrogen) atoms. The molecule has 0 atom stereocenters. The van der Waals surface area contributed by atoms with Crippen molar-refractivity contribution in [2.24, 2.45) is 0 Å². The van der Waals surface area contributed by atoms with Gasteiger partial charge < -0.3 is 10.3 Å². The van der Waals surface area contributed by atoms with Crippen LogP contribution in [0.4, 0.5) is 0 Å². The molecule has 0 fully saturated rings. The molecule has 1 aromatic carbocycles. The molecule has 1 aliphatic rings. The van der Waals surface area contributed by atoms with Crippen molar-refractivity contribution >= 4 is 11.9 Å². The summed E-state index contributed by atoms with van der Waals surface area (Å²) in [6, 6.07) is 5.26. The first-order valence-corrected chi connectivity index (χ1v) is 4.00. The average molecular weight is 169 g/mol. The second-order valence-electron chi connectivity index (χ2n) is 2.36. The van der Waals surface area contributed by atoms with E-state index < -0.39 is 0 Å². The first-order chi connectivity index (χ1) is 5.27. The van der Waals surface area contributed by atoms with Gasteiger partial charge in [-0.2, -0.15) is 0 Å². The van der Waals surface area contributed by atoms with Gasteiger partial charge in [-0.1, -0.05) is 6.07 Å². The molecular formula is C7H7NO2S. The quantitative estimate of drug-likeness (QED) is 0.579. The fourth-order valence-electron chi connectivity index (χ4n) is 1.08. The maximum Gasteiger partial charge on any atom is 0.121 e. The molecule has 1 aliphatic heterocycles. The summed E-state index contributed by atoms with van der Waals surface area (Å²) >= 11 is 1.23. The first kappa shape index (κ1) is 6.97. The lowest BCUT2D eigenvalue weighted by Crippen LogP contribution is -2.01. The zero-order valence-corrected chi connectivity index (χ0v) is 6.51. The molecule has 3 nitrogen and oxygen atoms in total. The number of fused-ring (bicyclic) bond motifs is 1. The normalized spacial score (nSPS) is 16.8. The van der Waals surface area contributed by atoms with Gasteiger partial charge in [-0.25, -0.2) is 0 Å². The van der Waals surface area contributed by atoms with Crippen molar-refractivity contribution in [2.75, 3.05) is 0 Å². The number of hydrogen-bond acceptors (Lipinski definition) is 4. The topological polar surface area (TPSA) is 43.7 Å². The van der Waals surface area contributed by atoms with E-state index in [9.17, 15) is 5.11 Å². The van der Waals surface area contributed by atoms with Crippen molar-refractivity contribution in [1.82, 2.24) is 4.47 Å². The van der Waals surface area contributed by atoms with Crippen molar-refractivity contribution in [2.45, 2.75) is 11.4 Å². The molecular weight excluding hydrogens is 162 g/mol. The zero-order chi connectivity index (χ0) is 7.84. The Hall–Kier alpha value is -0.710. The molecule has 1 heterocycles. The Balaban J connectivity index is 2.49. The highest BCUT2D eigenvalue weighted by Gasteiger charge is 2.20. The molecule has 0 amide bonds. The predicted octanol–water partition coefficient (Wildman–Crippen LogP) is 1.60. The van der Waals surface area contributed by atoms with Crippen LogP contribution in [0.5, 0.6) is 5.75 Å². The van der Waals surface area contributed by atoms with Gasteiger partial charge in [0.1, 0.15) is 5.75 Å². The minimum atomic E-state index is 0.256. The molecule has 2 N–H and O–H groups in total. The van der Waals surface area contributed by atoms with Crippen LogP contribution in [0.3, 0.4) is 0 Å². The van der Waals surface area contributed by atoms with Crippen LogP contribution in [0.25, 0.3) is 0 Å². The smallest absolute Gasteiger partial charge is 0.121 e. The maximum absolute atomic E-state index is 9.30. The van der Waals surface area contributed by atoms with Gasteiger partial charge in [-0.3, -0.25) is 0 Å². The van der Waals surface area contributed by atoms with E-state index in [1.807, 2.05) is 6.07 Å². The van der Waals surface area contributed by atoms with Crippen LogP contribution >= 0.6 is 11.9 Å². The number of phenolic OH excluding ortho intramolecular Hbond substituents is 1. The summed E-state index contributed by atoms with van der Waals surface area (Å²) in [4.78, 5) is 0.924. The number of hydroxylamine groups is 1. The number of phenols is 1. The highest BCUT2D eigenvalue weighted by atomic mass is 32.2. The third-order valence-corrected chi connectivity index (χ3v) is 2.52. The molecule has 0 saturated heterocycles. The number of aromatic hydroxyl groups is 1. The van der Waals surface area contributed by atoms with Crippen LogP contribution in [0, 0.1) is 0 Å². The van der Waals surface area contributed by atoms with E-state index in [4.69, 9.17) is 5.21 Å². The standard InChI is InChI=1S/C7H7NO2S/c9-6-2-1-3-7-5(6)4-8(10)11-7/h1-3,9-10H,4H2. The molecule has 2 rings (SSSR count).